The van der Waals surface area contributed by atoms with Crippen LogP contribution >= 0.6 is 11.3 Å². The lowest BCUT2D eigenvalue weighted by molar-refractivity contribution is 1.14. The van der Waals surface area contributed by atoms with Crippen molar-refractivity contribution >= 4 is 35.7 Å². The maximum atomic E-state index is 4.80. The van der Waals surface area contributed by atoms with Crippen LogP contribution < -0.4 is 5.46 Å². The Bertz CT molecular complexity index is 927. The van der Waals surface area contributed by atoms with Crippen LogP contribution in [0.25, 0.3) is 22.3 Å². The van der Waals surface area contributed by atoms with Gasteiger partial charge in [-0.05, 0) is 5.56 Å². The van der Waals surface area contributed by atoms with E-state index in [0.29, 0.717) is 0 Å². The molecule has 22 heavy (non-hydrogen) atoms. The molecule has 0 aliphatic heterocycles. The molecule has 0 amide bonds. The van der Waals surface area contributed by atoms with E-state index in [9.17, 15) is 0 Å². The van der Waals surface area contributed by atoms with E-state index >= 15 is 0 Å². The maximum Gasteiger partial charge on any atom is 0.141 e. The minimum absolute atomic E-state index is 0.880. The molecule has 0 aliphatic rings. The van der Waals surface area contributed by atoms with E-state index in [1.165, 1.54) is 5.56 Å². The fraction of sp³-hybridized carbons (Fsp3) is 0.0588. The van der Waals surface area contributed by atoms with E-state index in [0.717, 1.165) is 39.2 Å². The minimum atomic E-state index is 0.880. The van der Waals surface area contributed by atoms with Gasteiger partial charge in [-0.1, -0.05) is 41.9 Å². The van der Waals surface area contributed by atoms with Gasteiger partial charge in [-0.25, -0.2) is 9.97 Å². The minimum Gasteiger partial charge on any atom is -0.345 e. The van der Waals surface area contributed by atoms with Crippen LogP contribution in [0.4, 0.5) is 0 Å². The van der Waals surface area contributed by atoms with Crippen molar-refractivity contribution in [3.63, 3.8) is 0 Å². The van der Waals surface area contributed by atoms with Crippen molar-refractivity contribution in [1.29, 1.82) is 0 Å². The Labute approximate surface area is 133 Å². The summed E-state index contributed by atoms with van der Waals surface area (Å²) in [7, 11) is 2.06. The van der Waals surface area contributed by atoms with Gasteiger partial charge in [0.2, 0.25) is 0 Å². The van der Waals surface area contributed by atoms with Crippen LogP contribution in [0, 0.1) is 0 Å². The van der Waals surface area contributed by atoms with Crippen LogP contribution in [-0.4, -0.2) is 22.8 Å². The highest BCUT2D eigenvalue weighted by Gasteiger charge is 2.11. The van der Waals surface area contributed by atoms with Gasteiger partial charge in [0, 0.05) is 35.1 Å². The summed E-state index contributed by atoms with van der Waals surface area (Å²) in [4.78, 5) is 12.4. The third kappa shape index (κ3) is 2.44. The zero-order valence-corrected chi connectivity index (χ0v) is 13.0. The van der Waals surface area contributed by atoms with Gasteiger partial charge in [0.15, 0.2) is 0 Å². The molecule has 0 radical (unpaired) electrons. The number of nitrogens with zero attached hydrogens (tertiary/aromatic N) is 2. The molecular formula is C17H14BN3S. The summed E-state index contributed by atoms with van der Waals surface area (Å²) in [5, 5.41) is 4.40. The summed E-state index contributed by atoms with van der Waals surface area (Å²) >= 11 is 1.71. The van der Waals surface area contributed by atoms with E-state index in [1.807, 2.05) is 18.5 Å². The zero-order chi connectivity index (χ0) is 14.9. The van der Waals surface area contributed by atoms with Crippen LogP contribution in [0.2, 0.25) is 0 Å². The smallest absolute Gasteiger partial charge is 0.141 e. The number of nitrogens with one attached hydrogen (secondary N) is 1. The number of hydrogen-bond donors (Lipinski definition) is 1. The molecule has 0 unspecified atom stereocenters. The summed E-state index contributed by atoms with van der Waals surface area (Å²) in [5.41, 5.74) is 5.52. The molecule has 106 valence electrons. The molecule has 1 N–H and O–H groups in total. The quantitative estimate of drug-likeness (QED) is 0.591. The monoisotopic (exact) mass is 303 g/mol. The van der Waals surface area contributed by atoms with Crippen molar-refractivity contribution < 1.29 is 0 Å². The highest BCUT2D eigenvalue weighted by Crippen LogP contribution is 2.28. The van der Waals surface area contributed by atoms with E-state index in [4.69, 9.17) is 4.98 Å². The van der Waals surface area contributed by atoms with Gasteiger partial charge in [0.05, 0.1) is 10.7 Å². The number of benzene rings is 1. The molecule has 3 aromatic heterocycles. The third-order valence-electron chi connectivity index (χ3n) is 3.69. The van der Waals surface area contributed by atoms with Crippen molar-refractivity contribution in [2.75, 3.05) is 0 Å². The Morgan fingerprint density at radius 3 is 2.91 bits per heavy atom. The molecule has 4 rings (SSSR count). The van der Waals surface area contributed by atoms with Gasteiger partial charge in [-0.3, -0.25) is 0 Å². The van der Waals surface area contributed by atoms with Crippen LogP contribution in [-0.2, 0) is 6.42 Å². The molecule has 0 fully saturated rings. The molecule has 0 aliphatic carbocycles. The number of aromatic amines is 1. The third-order valence-corrected chi connectivity index (χ3v) is 4.54. The molecule has 3 nitrogen and oxygen atoms in total. The molecule has 3 heterocycles. The summed E-state index contributed by atoms with van der Waals surface area (Å²) < 4.78 is 0. The molecule has 1 aromatic carbocycles. The summed E-state index contributed by atoms with van der Waals surface area (Å²) in [5.74, 6) is 0. The highest BCUT2D eigenvalue weighted by molar-refractivity contribution is 7.10. The molecule has 0 atom stereocenters. The topological polar surface area (TPSA) is 41.6 Å². The summed E-state index contributed by atoms with van der Waals surface area (Å²) in [6, 6.07) is 12.6. The van der Waals surface area contributed by atoms with Crippen molar-refractivity contribution in [2.24, 2.45) is 0 Å². The van der Waals surface area contributed by atoms with E-state index in [1.54, 1.807) is 11.3 Å². The Kier molecular flexibility index (Phi) is 3.27. The number of fused-ring (bicyclic) bond motifs is 1. The van der Waals surface area contributed by atoms with E-state index in [2.05, 4.69) is 53.5 Å². The fourth-order valence-corrected chi connectivity index (χ4v) is 3.43. The number of rotatable bonds is 3. The number of pyridine rings is 1. The van der Waals surface area contributed by atoms with Gasteiger partial charge >= 0.3 is 0 Å². The number of thiazole rings is 1. The second kappa shape index (κ2) is 5.42. The lowest BCUT2D eigenvalue weighted by Crippen LogP contribution is -2.01. The van der Waals surface area contributed by atoms with E-state index in [-0.39, 0.29) is 0 Å². The van der Waals surface area contributed by atoms with Crippen LogP contribution in [0.5, 0.6) is 0 Å². The summed E-state index contributed by atoms with van der Waals surface area (Å²) in [6.07, 6.45) is 4.76. The average molecular weight is 303 g/mol. The largest absolute Gasteiger partial charge is 0.345 e. The molecular weight excluding hydrogens is 289 g/mol. The van der Waals surface area contributed by atoms with Gasteiger partial charge in [0.25, 0.3) is 0 Å². The number of H-pyrrole nitrogens is 1. The molecule has 5 heteroatoms. The second-order valence-electron chi connectivity index (χ2n) is 5.40. The first-order valence-corrected chi connectivity index (χ1v) is 8.10. The Morgan fingerprint density at radius 1 is 1.18 bits per heavy atom. The molecule has 0 bridgehead atoms. The van der Waals surface area contributed by atoms with Crippen molar-refractivity contribution in [3.05, 3.63) is 64.7 Å². The van der Waals surface area contributed by atoms with Gasteiger partial charge < -0.3 is 4.98 Å². The SMILES string of the molecule is Bc1cnc2[nH]cc(-c3csc(Cc4ccccc4)n3)c2c1. The second-order valence-corrected chi connectivity index (χ2v) is 6.34. The molecule has 4 aromatic rings. The fourth-order valence-electron chi connectivity index (χ4n) is 2.61. The van der Waals surface area contributed by atoms with Crippen LogP contribution in [0.1, 0.15) is 10.6 Å². The predicted molar refractivity (Wildman–Crippen MR) is 94.6 cm³/mol. The summed E-state index contributed by atoms with van der Waals surface area (Å²) in [6.45, 7) is 0. The lowest BCUT2D eigenvalue weighted by atomic mass is 9.97. The van der Waals surface area contributed by atoms with Crippen molar-refractivity contribution in [2.45, 2.75) is 6.42 Å². The zero-order valence-electron chi connectivity index (χ0n) is 12.2. The Balaban J connectivity index is 1.69. The normalized spacial score (nSPS) is 11.1. The molecule has 0 saturated heterocycles. The van der Waals surface area contributed by atoms with Crippen LogP contribution in [0.15, 0.2) is 54.2 Å². The first kappa shape index (κ1) is 13.3. The number of aromatic nitrogens is 3. The number of hydrogen-bond acceptors (Lipinski definition) is 3. The molecule has 0 spiro atoms. The highest BCUT2D eigenvalue weighted by atomic mass is 32.1. The van der Waals surface area contributed by atoms with Crippen LogP contribution in [0.3, 0.4) is 0 Å². The standard InChI is InChI=1S/C17H14BN3S/c18-12-7-13-14(9-20-17(13)19-8-12)15-10-22-16(21-15)6-11-4-2-1-3-5-11/h1-5,7-10H,6,18H2,(H,19,20). The lowest BCUT2D eigenvalue weighted by Gasteiger charge is -1.97. The van der Waals surface area contributed by atoms with Gasteiger partial charge in [-0.2, -0.15) is 0 Å². The van der Waals surface area contributed by atoms with Crippen molar-refractivity contribution in [3.8, 4) is 11.3 Å². The van der Waals surface area contributed by atoms with E-state index < -0.39 is 0 Å². The Hall–Kier alpha value is -2.40. The first-order valence-electron chi connectivity index (χ1n) is 7.22. The Morgan fingerprint density at radius 2 is 2.05 bits per heavy atom. The predicted octanol–water partition coefficient (Wildman–Crippen LogP) is 2.54. The maximum absolute atomic E-state index is 4.80. The van der Waals surface area contributed by atoms with Gasteiger partial charge in [0.1, 0.15) is 13.5 Å². The average Bonchev–Trinajstić information content (AvgIpc) is 3.14. The first-order chi connectivity index (χ1) is 10.8. The molecule has 0 saturated carbocycles. The van der Waals surface area contributed by atoms with Gasteiger partial charge in [-0.15, -0.1) is 11.3 Å². The van der Waals surface area contributed by atoms with Crippen molar-refractivity contribution in [1.82, 2.24) is 15.0 Å².